The van der Waals surface area contributed by atoms with Crippen LogP contribution in [0.3, 0.4) is 0 Å². The van der Waals surface area contributed by atoms with Gasteiger partial charge in [0.15, 0.2) is 11.5 Å². The number of nitrogens with one attached hydrogen (secondary N) is 2. The van der Waals surface area contributed by atoms with Crippen molar-refractivity contribution in [2.24, 2.45) is 5.10 Å². The second-order valence-corrected chi connectivity index (χ2v) is 8.31. The molecule has 0 saturated heterocycles. The Morgan fingerprint density at radius 1 is 0.889 bits per heavy atom. The van der Waals surface area contributed by atoms with Gasteiger partial charge in [0, 0.05) is 5.69 Å². The molecule has 7 heteroatoms. The molecule has 0 aliphatic carbocycles. The predicted molar refractivity (Wildman–Crippen MR) is 142 cm³/mol. The second-order valence-electron chi connectivity index (χ2n) is 8.31. The zero-order chi connectivity index (χ0) is 25.5. The van der Waals surface area contributed by atoms with E-state index in [4.69, 9.17) is 9.47 Å². The molecule has 2 N–H and O–H groups in total. The number of methoxy groups -OCH3 is 1. The first-order valence-electron chi connectivity index (χ1n) is 11.4. The van der Waals surface area contributed by atoms with Gasteiger partial charge >= 0.3 is 11.8 Å². The minimum atomic E-state index is -0.867. The molecule has 182 valence electrons. The van der Waals surface area contributed by atoms with Gasteiger partial charge in [0.2, 0.25) is 0 Å². The van der Waals surface area contributed by atoms with E-state index in [2.05, 4.69) is 34.0 Å². The Balaban J connectivity index is 1.37. The van der Waals surface area contributed by atoms with Gasteiger partial charge in [-0.05, 0) is 71.1 Å². The normalized spacial score (nSPS) is 10.9. The number of hydrogen-bond acceptors (Lipinski definition) is 5. The number of carbonyl (C=O) groups excluding carboxylic acids is 2. The van der Waals surface area contributed by atoms with Crippen LogP contribution in [0.5, 0.6) is 11.5 Å². The van der Waals surface area contributed by atoms with Gasteiger partial charge in [-0.3, -0.25) is 9.59 Å². The highest BCUT2D eigenvalue weighted by Gasteiger charge is 2.14. The van der Waals surface area contributed by atoms with Crippen molar-refractivity contribution in [3.8, 4) is 11.5 Å². The third-order valence-electron chi connectivity index (χ3n) is 5.68. The molecule has 0 atom stereocenters. The van der Waals surface area contributed by atoms with Gasteiger partial charge in [0.05, 0.1) is 13.3 Å². The molecule has 0 aliphatic heterocycles. The van der Waals surface area contributed by atoms with Crippen LogP contribution in [0.4, 0.5) is 5.69 Å². The van der Waals surface area contributed by atoms with Crippen molar-refractivity contribution in [2.45, 2.75) is 20.5 Å². The summed E-state index contributed by atoms with van der Waals surface area (Å²) in [5, 5.41) is 8.79. The van der Waals surface area contributed by atoms with Crippen LogP contribution in [-0.2, 0) is 16.2 Å². The van der Waals surface area contributed by atoms with Gasteiger partial charge in [-0.2, -0.15) is 5.10 Å². The molecule has 7 nitrogen and oxygen atoms in total. The molecule has 0 aliphatic rings. The number of fused-ring (bicyclic) bond motifs is 1. The Bertz CT molecular complexity index is 1440. The van der Waals surface area contributed by atoms with Crippen molar-refractivity contribution >= 4 is 34.5 Å². The number of anilines is 1. The molecule has 4 aromatic carbocycles. The van der Waals surface area contributed by atoms with Gasteiger partial charge < -0.3 is 14.8 Å². The van der Waals surface area contributed by atoms with Crippen LogP contribution in [0.25, 0.3) is 10.8 Å². The number of hydrazone groups is 1. The Kier molecular flexibility index (Phi) is 7.60. The predicted octanol–water partition coefficient (Wildman–Crippen LogP) is 5.13. The number of amides is 2. The first-order valence-corrected chi connectivity index (χ1v) is 11.4. The number of carbonyl (C=O) groups is 2. The molecule has 2 amide bonds. The molecule has 0 heterocycles. The second kappa shape index (κ2) is 11.2. The fraction of sp³-hybridized carbons (Fsp3) is 0.138. The molecule has 0 bridgehead atoms. The van der Waals surface area contributed by atoms with Crippen LogP contribution in [0, 0.1) is 13.8 Å². The topological polar surface area (TPSA) is 89.0 Å². The molecule has 0 saturated carbocycles. The fourth-order valence-electron chi connectivity index (χ4n) is 3.72. The summed E-state index contributed by atoms with van der Waals surface area (Å²) < 4.78 is 11.5. The maximum absolute atomic E-state index is 12.2. The summed E-state index contributed by atoms with van der Waals surface area (Å²) in [6.07, 6.45) is 1.43. The SMILES string of the molecule is COc1cc(/C=N/NC(=O)C(=O)Nc2cc(C)ccc2C)ccc1OCc1cccc2ccccc12. The van der Waals surface area contributed by atoms with Gasteiger partial charge in [-0.15, -0.1) is 0 Å². The van der Waals surface area contributed by atoms with Crippen molar-refractivity contribution in [3.05, 3.63) is 101 Å². The van der Waals surface area contributed by atoms with Crippen LogP contribution < -0.4 is 20.2 Å². The Hall–Kier alpha value is -4.65. The summed E-state index contributed by atoms with van der Waals surface area (Å²) >= 11 is 0. The maximum Gasteiger partial charge on any atom is 0.329 e. The number of rotatable bonds is 7. The van der Waals surface area contributed by atoms with Crippen molar-refractivity contribution in [1.29, 1.82) is 0 Å². The number of hydrogen-bond donors (Lipinski definition) is 2. The Labute approximate surface area is 209 Å². The lowest BCUT2D eigenvalue weighted by atomic mass is 10.1. The van der Waals surface area contributed by atoms with E-state index in [-0.39, 0.29) is 0 Å². The molecule has 0 fully saturated rings. The summed E-state index contributed by atoms with van der Waals surface area (Å²) in [7, 11) is 1.56. The molecule has 36 heavy (non-hydrogen) atoms. The molecule has 0 radical (unpaired) electrons. The van der Waals surface area contributed by atoms with Crippen molar-refractivity contribution in [2.75, 3.05) is 12.4 Å². The first-order chi connectivity index (χ1) is 17.4. The van der Waals surface area contributed by atoms with Gasteiger partial charge in [-0.1, -0.05) is 54.6 Å². The molecule has 0 aromatic heterocycles. The number of aryl methyl sites for hydroxylation is 2. The third-order valence-corrected chi connectivity index (χ3v) is 5.68. The summed E-state index contributed by atoms with van der Waals surface area (Å²) in [5.41, 5.74) is 6.41. The van der Waals surface area contributed by atoms with Crippen LogP contribution in [-0.4, -0.2) is 25.1 Å². The van der Waals surface area contributed by atoms with E-state index in [1.807, 2.05) is 50.2 Å². The zero-order valence-electron chi connectivity index (χ0n) is 20.4. The van der Waals surface area contributed by atoms with Crippen LogP contribution >= 0.6 is 0 Å². The van der Waals surface area contributed by atoms with E-state index in [0.717, 1.165) is 27.5 Å². The molecule has 4 aromatic rings. The lowest BCUT2D eigenvalue weighted by molar-refractivity contribution is -0.136. The molecule has 0 spiro atoms. The maximum atomic E-state index is 12.2. The minimum absolute atomic E-state index is 0.386. The molecular weight excluding hydrogens is 454 g/mol. The van der Waals surface area contributed by atoms with E-state index < -0.39 is 11.8 Å². The zero-order valence-corrected chi connectivity index (χ0v) is 20.4. The van der Waals surface area contributed by atoms with Gasteiger partial charge in [0.1, 0.15) is 6.61 Å². The van der Waals surface area contributed by atoms with Crippen molar-refractivity contribution in [1.82, 2.24) is 5.43 Å². The summed E-state index contributed by atoms with van der Waals surface area (Å²) in [5.74, 6) is -0.553. The standard InChI is InChI=1S/C29H27N3O4/c1-19-11-12-20(2)25(15-19)31-28(33)29(34)32-30-17-21-13-14-26(27(16-21)35-3)36-18-23-9-6-8-22-7-4-5-10-24(22)23/h4-17H,18H2,1-3H3,(H,31,33)(H,32,34)/b30-17+. The Morgan fingerprint density at radius 3 is 2.53 bits per heavy atom. The van der Waals surface area contributed by atoms with Crippen molar-refractivity contribution < 1.29 is 19.1 Å². The highest BCUT2D eigenvalue weighted by Crippen LogP contribution is 2.29. The average Bonchev–Trinajstić information content (AvgIpc) is 2.89. The highest BCUT2D eigenvalue weighted by molar-refractivity contribution is 6.39. The monoisotopic (exact) mass is 481 g/mol. The quantitative estimate of drug-likeness (QED) is 0.218. The van der Waals surface area contributed by atoms with E-state index in [9.17, 15) is 9.59 Å². The lowest BCUT2D eigenvalue weighted by Gasteiger charge is -2.12. The largest absolute Gasteiger partial charge is 0.493 e. The number of benzene rings is 4. The van der Waals surface area contributed by atoms with Crippen LogP contribution in [0.2, 0.25) is 0 Å². The minimum Gasteiger partial charge on any atom is -0.493 e. The summed E-state index contributed by atoms with van der Waals surface area (Å²) in [6.45, 7) is 4.15. The molecule has 0 unspecified atom stereocenters. The van der Waals surface area contributed by atoms with E-state index >= 15 is 0 Å². The molecule has 4 rings (SSSR count). The lowest BCUT2D eigenvalue weighted by Crippen LogP contribution is -2.32. The smallest absolute Gasteiger partial charge is 0.329 e. The van der Waals surface area contributed by atoms with Crippen LogP contribution in [0.15, 0.2) is 84.0 Å². The Morgan fingerprint density at radius 2 is 1.69 bits per heavy atom. The van der Waals surface area contributed by atoms with Gasteiger partial charge in [0.25, 0.3) is 0 Å². The summed E-state index contributed by atoms with van der Waals surface area (Å²) in [4.78, 5) is 24.3. The van der Waals surface area contributed by atoms with E-state index in [1.165, 1.54) is 6.21 Å². The van der Waals surface area contributed by atoms with Crippen molar-refractivity contribution in [3.63, 3.8) is 0 Å². The van der Waals surface area contributed by atoms with E-state index in [1.54, 1.807) is 31.4 Å². The van der Waals surface area contributed by atoms with Gasteiger partial charge in [-0.25, -0.2) is 5.43 Å². The van der Waals surface area contributed by atoms with Crippen LogP contribution in [0.1, 0.15) is 22.3 Å². The fourth-order valence-corrected chi connectivity index (χ4v) is 3.72. The van der Waals surface area contributed by atoms with E-state index in [0.29, 0.717) is 29.4 Å². The number of ether oxygens (including phenoxy) is 2. The number of nitrogens with zero attached hydrogens (tertiary/aromatic N) is 1. The third kappa shape index (κ3) is 5.88. The molecular formula is C29H27N3O4. The first kappa shape index (κ1) is 24.5. The highest BCUT2D eigenvalue weighted by atomic mass is 16.5. The summed E-state index contributed by atoms with van der Waals surface area (Å²) in [6, 6.07) is 25.2. The average molecular weight is 482 g/mol.